The van der Waals surface area contributed by atoms with E-state index in [0.29, 0.717) is 42.5 Å². The van der Waals surface area contributed by atoms with Gasteiger partial charge < -0.3 is 10.1 Å². The van der Waals surface area contributed by atoms with Crippen LogP contribution in [-0.2, 0) is 4.74 Å². The summed E-state index contributed by atoms with van der Waals surface area (Å²) in [6.07, 6.45) is 5.15. The maximum atomic E-state index is 14.3. The van der Waals surface area contributed by atoms with Crippen molar-refractivity contribution in [2.24, 2.45) is 0 Å². The van der Waals surface area contributed by atoms with E-state index >= 15 is 0 Å². The molecule has 1 N–H and O–H groups in total. The lowest BCUT2D eigenvalue weighted by atomic mass is 10.0. The van der Waals surface area contributed by atoms with Gasteiger partial charge in [-0.05, 0) is 44.9 Å². The van der Waals surface area contributed by atoms with Gasteiger partial charge in [0, 0.05) is 42.9 Å². The quantitative estimate of drug-likeness (QED) is 0.578. The molecule has 1 aromatic carbocycles. The van der Waals surface area contributed by atoms with Gasteiger partial charge in [-0.15, -0.1) is 0 Å². The Kier molecular flexibility index (Phi) is 6.14. The highest BCUT2D eigenvalue weighted by Gasteiger charge is 2.35. The number of halogens is 1. The number of morpholine rings is 1. The Bertz CT molecular complexity index is 1180. The molecule has 0 bridgehead atoms. The molecule has 0 atom stereocenters. The zero-order chi connectivity index (χ0) is 23.7. The van der Waals surface area contributed by atoms with Crippen molar-refractivity contribution in [3.63, 3.8) is 0 Å². The number of carbonyl (C=O) groups is 1. The highest BCUT2D eigenvalue weighted by atomic mass is 19.1. The average molecular weight is 465 g/mol. The second kappa shape index (κ2) is 9.23. The summed E-state index contributed by atoms with van der Waals surface area (Å²) in [5.41, 5.74) is 2.03. The third-order valence-electron chi connectivity index (χ3n) is 6.55. The van der Waals surface area contributed by atoms with E-state index in [9.17, 15) is 9.18 Å². The molecule has 3 aromatic rings. The van der Waals surface area contributed by atoms with E-state index in [-0.39, 0.29) is 23.2 Å². The first-order chi connectivity index (χ1) is 16.4. The first kappa shape index (κ1) is 22.6. The molecule has 178 valence electrons. The van der Waals surface area contributed by atoms with Crippen molar-refractivity contribution >= 4 is 5.91 Å². The summed E-state index contributed by atoms with van der Waals surface area (Å²) in [5, 5.41) is 7.57. The molecule has 2 aromatic heterocycles. The minimum atomic E-state index is -0.349. The predicted octanol–water partition coefficient (Wildman–Crippen LogP) is 3.19. The number of amides is 1. The van der Waals surface area contributed by atoms with Crippen LogP contribution in [0.2, 0.25) is 0 Å². The topological polar surface area (TPSA) is 85.2 Å². The maximum absolute atomic E-state index is 14.3. The number of rotatable bonds is 7. The molecular formula is C25H29FN6O2. The average Bonchev–Trinajstić information content (AvgIpc) is 3.61. The van der Waals surface area contributed by atoms with Gasteiger partial charge in [0.25, 0.3) is 11.9 Å². The van der Waals surface area contributed by atoms with Crippen LogP contribution in [0.1, 0.15) is 48.7 Å². The molecule has 1 aliphatic carbocycles. The Morgan fingerprint density at radius 2 is 1.97 bits per heavy atom. The SMILES string of the molecule is CC(C)(CNC(=O)c1cnn(-c2nccc(-c3ccccc3F)n2)c1C1CC1)N1CCOCC1. The second-order valence-corrected chi connectivity index (χ2v) is 9.45. The fraction of sp³-hybridized carbons (Fsp3) is 0.440. The lowest BCUT2D eigenvalue weighted by molar-refractivity contribution is -0.00923. The van der Waals surface area contributed by atoms with Gasteiger partial charge in [0.2, 0.25) is 0 Å². The summed E-state index contributed by atoms with van der Waals surface area (Å²) in [6, 6.07) is 8.17. The fourth-order valence-electron chi connectivity index (χ4n) is 4.38. The number of aromatic nitrogens is 4. The second-order valence-electron chi connectivity index (χ2n) is 9.45. The third-order valence-corrected chi connectivity index (χ3v) is 6.55. The smallest absolute Gasteiger partial charge is 0.254 e. The van der Waals surface area contributed by atoms with Gasteiger partial charge >= 0.3 is 0 Å². The third kappa shape index (κ3) is 4.58. The van der Waals surface area contributed by atoms with E-state index in [0.717, 1.165) is 31.6 Å². The zero-order valence-corrected chi connectivity index (χ0v) is 19.5. The highest BCUT2D eigenvalue weighted by molar-refractivity contribution is 5.95. The zero-order valence-electron chi connectivity index (χ0n) is 19.5. The molecule has 5 rings (SSSR count). The number of nitrogens with one attached hydrogen (secondary N) is 1. The van der Waals surface area contributed by atoms with E-state index < -0.39 is 0 Å². The van der Waals surface area contributed by atoms with Crippen LogP contribution < -0.4 is 5.32 Å². The largest absolute Gasteiger partial charge is 0.379 e. The number of benzene rings is 1. The van der Waals surface area contributed by atoms with Gasteiger partial charge in [0.15, 0.2) is 0 Å². The molecule has 0 spiro atoms. The lowest BCUT2D eigenvalue weighted by Crippen LogP contribution is -2.55. The summed E-state index contributed by atoms with van der Waals surface area (Å²) in [7, 11) is 0. The van der Waals surface area contributed by atoms with Crippen LogP contribution in [-0.4, -0.2) is 68.9 Å². The molecule has 0 unspecified atom stereocenters. The van der Waals surface area contributed by atoms with Gasteiger partial charge in [0.1, 0.15) is 5.82 Å². The molecule has 1 saturated heterocycles. The van der Waals surface area contributed by atoms with Crippen LogP contribution in [0.15, 0.2) is 42.7 Å². The van der Waals surface area contributed by atoms with E-state index in [1.807, 2.05) is 0 Å². The van der Waals surface area contributed by atoms with Crippen LogP contribution in [0.5, 0.6) is 0 Å². The number of nitrogens with zero attached hydrogens (tertiary/aromatic N) is 5. The molecule has 1 saturated carbocycles. The monoisotopic (exact) mass is 464 g/mol. The van der Waals surface area contributed by atoms with Gasteiger partial charge in [-0.2, -0.15) is 5.10 Å². The van der Waals surface area contributed by atoms with E-state index in [1.165, 1.54) is 6.07 Å². The molecule has 2 fully saturated rings. The van der Waals surface area contributed by atoms with Crippen LogP contribution in [0.25, 0.3) is 17.2 Å². The number of hydrogen-bond acceptors (Lipinski definition) is 6. The molecule has 1 amide bonds. The first-order valence-electron chi connectivity index (χ1n) is 11.7. The standard InChI is InChI=1S/C25H29FN6O2/c1-25(2,31-11-13-34-14-12-31)16-28-23(33)19-15-29-32(22(19)17-7-8-17)24-27-10-9-21(30-24)18-5-3-4-6-20(18)26/h3-6,9-10,15,17H,7-8,11-14,16H2,1-2H3,(H,28,33). The molecule has 3 heterocycles. The molecular weight excluding hydrogens is 435 g/mol. The van der Waals surface area contributed by atoms with Crippen molar-refractivity contribution in [3.8, 4) is 17.2 Å². The summed E-state index contributed by atoms with van der Waals surface area (Å²) in [4.78, 5) is 24.5. The molecule has 8 nitrogen and oxygen atoms in total. The Morgan fingerprint density at radius 1 is 1.21 bits per heavy atom. The Morgan fingerprint density at radius 3 is 2.71 bits per heavy atom. The van der Waals surface area contributed by atoms with Crippen LogP contribution in [0, 0.1) is 5.82 Å². The van der Waals surface area contributed by atoms with Gasteiger partial charge in [0.05, 0.1) is 36.4 Å². The Hall–Kier alpha value is -3.17. The van der Waals surface area contributed by atoms with E-state index in [4.69, 9.17) is 4.74 Å². The Labute approximate surface area is 198 Å². The lowest BCUT2D eigenvalue weighted by Gasteiger charge is -2.40. The minimum Gasteiger partial charge on any atom is -0.379 e. The molecule has 2 aliphatic rings. The van der Waals surface area contributed by atoms with Crippen molar-refractivity contribution in [1.82, 2.24) is 30.0 Å². The summed E-state index contributed by atoms with van der Waals surface area (Å²) in [5.74, 6) is 0.0595. The van der Waals surface area contributed by atoms with Crippen molar-refractivity contribution in [1.29, 1.82) is 0 Å². The predicted molar refractivity (Wildman–Crippen MR) is 125 cm³/mol. The summed E-state index contributed by atoms with van der Waals surface area (Å²) < 4.78 is 21.4. The number of carbonyl (C=O) groups excluding carboxylic acids is 1. The first-order valence-corrected chi connectivity index (χ1v) is 11.7. The maximum Gasteiger partial charge on any atom is 0.254 e. The van der Waals surface area contributed by atoms with Crippen LogP contribution in [0.3, 0.4) is 0 Å². The van der Waals surface area contributed by atoms with Gasteiger partial charge in [-0.25, -0.2) is 19.0 Å². The number of hydrogen-bond donors (Lipinski definition) is 1. The number of ether oxygens (including phenoxy) is 1. The molecule has 0 radical (unpaired) electrons. The van der Waals surface area contributed by atoms with Gasteiger partial charge in [-0.3, -0.25) is 9.69 Å². The molecule has 1 aliphatic heterocycles. The minimum absolute atomic E-state index is 0.153. The van der Waals surface area contributed by atoms with Crippen LogP contribution in [0.4, 0.5) is 4.39 Å². The van der Waals surface area contributed by atoms with E-state index in [1.54, 1.807) is 41.3 Å². The van der Waals surface area contributed by atoms with Crippen molar-refractivity contribution in [2.75, 3.05) is 32.8 Å². The van der Waals surface area contributed by atoms with Crippen molar-refractivity contribution in [3.05, 3.63) is 59.8 Å². The Balaban J connectivity index is 1.39. The van der Waals surface area contributed by atoms with E-state index in [2.05, 4.69) is 39.1 Å². The van der Waals surface area contributed by atoms with Crippen molar-refractivity contribution in [2.45, 2.75) is 38.1 Å². The molecule has 9 heteroatoms. The highest BCUT2D eigenvalue weighted by Crippen LogP contribution is 2.42. The van der Waals surface area contributed by atoms with Crippen molar-refractivity contribution < 1.29 is 13.9 Å². The normalized spacial score (nSPS) is 17.0. The van der Waals surface area contributed by atoms with Gasteiger partial charge in [-0.1, -0.05) is 12.1 Å². The molecule has 34 heavy (non-hydrogen) atoms. The summed E-state index contributed by atoms with van der Waals surface area (Å²) in [6.45, 7) is 7.90. The summed E-state index contributed by atoms with van der Waals surface area (Å²) >= 11 is 0. The van der Waals surface area contributed by atoms with Crippen LogP contribution >= 0.6 is 0 Å². The fourth-order valence-corrected chi connectivity index (χ4v) is 4.38.